The van der Waals surface area contributed by atoms with Gasteiger partial charge >= 0.3 is 0 Å². The largest absolute Gasteiger partial charge is 0.497 e. The second-order valence-electron chi connectivity index (χ2n) is 5.17. The van der Waals surface area contributed by atoms with E-state index in [0.717, 1.165) is 32.5 Å². The molecule has 118 valence electrons. The lowest BCUT2D eigenvalue weighted by molar-refractivity contribution is 0.415. The molecule has 0 fully saturated rings. The van der Waals surface area contributed by atoms with Crippen molar-refractivity contribution in [2.75, 3.05) is 19.5 Å². The Morgan fingerprint density at radius 3 is 2.88 bits per heavy atom. The number of thiazole rings is 1. The SMILES string of the molecule is CNc1c(-c2nc3ccc(OC)cc3s2)nc2cc(C#N)ccn12. The Bertz CT molecular complexity index is 1110. The van der Waals surface area contributed by atoms with Crippen LogP contribution in [0.5, 0.6) is 5.75 Å². The molecule has 3 heterocycles. The third-order valence-corrected chi connectivity index (χ3v) is 4.82. The van der Waals surface area contributed by atoms with Gasteiger partial charge in [-0.25, -0.2) is 9.97 Å². The van der Waals surface area contributed by atoms with Crippen molar-refractivity contribution in [1.82, 2.24) is 14.4 Å². The van der Waals surface area contributed by atoms with Gasteiger partial charge in [-0.1, -0.05) is 0 Å². The minimum atomic E-state index is 0.579. The number of methoxy groups -OCH3 is 1. The highest BCUT2D eigenvalue weighted by Gasteiger charge is 2.17. The highest BCUT2D eigenvalue weighted by molar-refractivity contribution is 7.21. The summed E-state index contributed by atoms with van der Waals surface area (Å²) in [6.07, 6.45) is 1.84. The number of fused-ring (bicyclic) bond motifs is 2. The van der Waals surface area contributed by atoms with Gasteiger partial charge in [-0.15, -0.1) is 11.3 Å². The molecular weight excluding hydrogens is 322 g/mol. The summed E-state index contributed by atoms with van der Waals surface area (Å²) in [5, 5.41) is 13.1. The van der Waals surface area contributed by atoms with Crippen molar-refractivity contribution in [3.8, 4) is 22.5 Å². The van der Waals surface area contributed by atoms with Crippen LogP contribution in [0.15, 0.2) is 36.5 Å². The third kappa shape index (κ3) is 2.16. The number of ether oxygens (including phenoxy) is 1. The lowest BCUT2D eigenvalue weighted by Gasteiger charge is -2.01. The number of pyridine rings is 1. The van der Waals surface area contributed by atoms with Crippen LogP contribution in [-0.2, 0) is 0 Å². The fourth-order valence-electron chi connectivity index (χ4n) is 2.64. The molecule has 0 aliphatic rings. The predicted octanol–water partition coefficient (Wildman–Crippen LogP) is 3.53. The van der Waals surface area contributed by atoms with Crippen LogP contribution in [0.2, 0.25) is 0 Å². The minimum absolute atomic E-state index is 0.579. The summed E-state index contributed by atoms with van der Waals surface area (Å²) in [6.45, 7) is 0. The molecule has 0 aliphatic carbocycles. The average Bonchev–Trinajstić information content (AvgIpc) is 3.20. The van der Waals surface area contributed by atoms with Gasteiger partial charge in [0.2, 0.25) is 0 Å². The zero-order valence-electron chi connectivity index (χ0n) is 13.1. The molecule has 4 rings (SSSR count). The summed E-state index contributed by atoms with van der Waals surface area (Å²) in [7, 11) is 3.50. The summed E-state index contributed by atoms with van der Waals surface area (Å²) < 4.78 is 8.23. The smallest absolute Gasteiger partial charge is 0.146 e. The highest BCUT2D eigenvalue weighted by atomic mass is 32.1. The van der Waals surface area contributed by atoms with Gasteiger partial charge in [-0.2, -0.15) is 5.26 Å². The molecule has 24 heavy (non-hydrogen) atoms. The molecule has 6 nitrogen and oxygen atoms in total. The maximum atomic E-state index is 9.07. The molecule has 4 aromatic rings. The molecule has 0 radical (unpaired) electrons. The van der Waals surface area contributed by atoms with Crippen molar-refractivity contribution in [3.05, 3.63) is 42.1 Å². The van der Waals surface area contributed by atoms with Crippen molar-refractivity contribution < 1.29 is 4.74 Å². The molecular formula is C17H13N5OS. The molecule has 3 aromatic heterocycles. The molecule has 0 bridgehead atoms. The van der Waals surface area contributed by atoms with Crippen LogP contribution in [0, 0.1) is 11.3 Å². The number of benzene rings is 1. The molecule has 0 saturated heterocycles. The number of nitrogens with one attached hydrogen (secondary N) is 1. The molecule has 0 unspecified atom stereocenters. The Kier molecular flexibility index (Phi) is 3.32. The highest BCUT2D eigenvalue weighted by Crippen LogP contribution is 2.35. The van der Waals surface area contributed by atoms with Gasteiger partial charge in [-0.05, 0) is 30.3 Å². The number of nitriles is 1. The summed E-state index contributed by atoms with van der Waals surface area (Å²) in [6, 6.07) is 11.5. The van der Waals surface area contributed by atoms with E-state index in [4.69, 9.17) is 10.00 Å². The molecule has 1 N–H and O–H groups in total. The van der Waals surface area contributed by atoms with E-state index >= 15 is 0 Å². The molecule has 0 saturated carbocycles. The second kappa shape index (κ2) is 5.51. The van der Waals surface area contributed by atoms with Gasteiger partial charge < -0.3 is 10.1 Å². The van der Waals surface area contributed by atoms with E-state index in [1.54, 1.807) is 30.6 Å². The Balaban J connectivity index is 1.93. The van der Waals surface area contributed by atoms with Gasteiger partial charge in [0.1, 0.15) is 27.9 Å². The number of rotatable bonds is 3. The fraction of sp³-hybridized carbons (Fsp3) is 0.118. The summed E-state index contributed by atoms with van der Waals surface area (Å²) in [5.74, 6) is 1.65. The first-order valence-corrected chi connectivity index (χ1v) is 8.10. The average molecular weight is 335 g/mol. The maximum Gasteiger partial charge on any atom is 0.146 e. The van der Waals surface area contributed by atoms with E-state index in [1.165, 1.54) is 0 Å². The van der Waals surface area contributed by atoms with Crippen LogP contribution in [0.4, 0.5) is 5.82 Å². The van der Waals surface area contributed by atoms with Crippen molar-refractivity contribution >= 4 is 33.0 Å². The zero-order valence-corrected chi connectivity index (χ0v) is 13.9. The number of hydrogen-bond acceptors (Lipinski definition) is 6. The van der Waals surface area contributed by atoms with Crippen LogP contribution in [-0.4, -0.2) is 28.5 Å². The topological polar surface area (TPSA) is 75.2 Å². The Morgan fingerprint density at radius 1 is 1.25 bits per heavy atom. The van der Waals surface area contributed by atoms with Gasteiger partial charge in [0.25, 0.3) is 0 Å². The van der Waals surface area contributed by atoms with Crippen molar-refractivity contribution in [1.29, 1.82) is 5.26 Å². The molecule has 0 spiro atoms. The number of nitrogens with zero attached hydrogens (tertiary/aromatic N) is 4. The van der Waals surface area contributed by atoms with E-state index in [9.17, 15) is 0 Å². The van der Waals surface area contributed by atoms with Crippen LogP contribution in [0.25, 0.3) is 26.6 Å². The van der Waals surface area contributed by atoms with Gasteiger partial charge in [0, 0.05) is 13.2 Å². The molecule has 0 aliphatic heterocycles. The first-order valence-electron chi connectivity index (χ1n) is 7.28. The Labute approximate surface area is 142 Å². The quantitative estimate of drug-likeness (QED) is 0.620. The number of hydrogen-bond donors (Lipinski definition) is 1. The van der Waals surface area contributed by atoms with E-state index in [2.05, 4.69) is 21.4 Å². The Morgan fingerprint density at radius 2 is 2.12 bits per heavy atom. The summed E-state index contributed by atoms with van der Waals surface area (Å²) >= 11 is 1.56. The van der Waals surface area contributed by atoms with E-state index in [-0.39, 0.29) is 0 Å². The first-order chi connectivity index (χ1) is 11.7. The van der Waals surface area contributed by atoms with Crippen LogP contribution >= 0.6 is 11.3 Å². The zero-order chi connectivity index (χ0) is 16.7. The van der Waals surface area contributed by atoms with Gasteiger partial charge in [0.15, 0.2) is 0 Å². The lowest BCUT2D eigenvalue weighted by atomic mass is 10.3. The minimum Gasteiger partial charge on any atom is -0.497 e. The van der Waals surface area contributed by atoms with Gasteiger partial charge in [-0.3, -0.25) is 4.40 Å². The van der Waals surface area contributed by atoms with Crippen LogP contribution in [0.3, 0.4) is 0 Å². The van der Waals surface area contributed by atoms with Gasteiger partial charge in [0.05, 0.1) is 29.0 Å². The monoisotopic (exact) mass is 335 g/mol. The number of imidazole rings is 1. The molecule has 0 amide bonds. The lowest BCUT2D eigenvalue weighted by Crippen LogP contribution is -1.95. The predicted molar refractivity (Wildman–Crippen MR) is 94.6 cm³/mol. The van der Waals surface area contributed by atoms with Crippen LogP contribution in [0.1, 0.15) is 5.56 Å². The van der Waals surface area contributed by atoms with E-state index in [1.807, 2.05) is 35.8 Å². The summed E-state index contributed by atoms with van der Waals surface area (Å²) in [5.41, 5.74) is 2.97. The number of anilines is 1. The standard InChI is InChI=1S/C17H13N5OS/c1-19-16-15(21-14-7-10(9-18)5-6-22(14)16)17-20-12-4-3-11(23-2)8-13(12)24-17/h3-8,19H,1-2H3. The first kappa shape index (κ1) is 14.5. The van der Waals surface area contributed by atoms with Crippen molar-refractivity contribution in [2.45, 2.75) is 0 Å². The van der Waals surface area contributed by atoms with E-state index in [0.29, 0.717) is 11.2 Å². The summed E-state index contributed by atoms with van der Waals surface area (Å²) in [4.78, 5) is 9.35. The maximum absolute atomic E-state index is 9.07. The van der Waals surface area contributed by atoms with Crippen LogP contribution < -0.4 is 10.1 Å². The third-order valence-electron chi connectivity index (χ3n) is 3.79. The van der Waals surface area contributed by atoms with Crippen molar-refractivity contribution in [2.24, 2.45) is 0 Å². The fourth-order valence-corrected chi connectivity index (χ4v) is 3.62. The normalized spacial score (nSPS) is 10.9. The Hall–Kier alpha value is -3.11. The second-order valence-corrected chi connectivity index (χ2v) is 6.20. The molecule has 7 heteroatoms. The molecule has 0 atom stereocenters. The molecule has 1 aromatic carbocycles. The van der Waals surface area contributed by atoms with Crippen molar-refractivity contribution in [3.63, 3.8) is 0 Å². The number of aromatic nitrogens is 3. The van der Waals surface area contributed by atoms with E-state index < -0.39 is 0 Å².